The largest absolute Gasteiger partial charge is 0.493 e. The average Bonchev–Trinajstić information content (AvgIpc) is 3.18. The number of aromatic nitrogens is 1. The minimum atomic E-state index is -0.206. The van der Waals surface area contributed by atoms with E-state index in [0.29, 0.717) is 12.4 Å². The van der Waals surface area contributed by atoms with E-state index in [4.69, 9.17) is 9.47 Å². The molecule has 5 rings (SSSR count). The summed E-state index contributed by atoms with van der Waals surface area (Å²) in [5, 5.41) is 4.55. The Morgan fingerprint density at radius 1 is 1.00 bits per heavy atom. The Hall–Kier alpha value is -3.31. The highest BCUT2D eigenvalue weighted by Gasteiger charge is 2.26. The molecule has 0 amide bonds. The van der Waals surface area contributed by atoms with E-state index in [2.05, 4.69) is 28.5 Å². The SMILES string of the molecule is COc1cc(C2NCCc3c2[nH]c2ccc(F)cc32)ccc1OCCc1ccccc1. The van der Waals surface area contributed by atoms with Crippen LogP contribution in [-0.2, 0) is 12.8 Å². The van der Waals surface area contributed by atoms with Crippen molar-refractivity contribution in [2.45, 2.75) is 18.9 Å². The predicted molar refractivity (Wildman–Crippen MR) is 120 cm³/mol. The third-order valence-electron chi connectivity index (χ3n) is 5.93. The lowest BCUT2D eigenvalue weighted by Gasteiger charge is -2.25. The number of rotatable bonds is 6. The standard InChI is InChI=1S/C26H25FN2O2/c1-30-24-15-18(7-10-23(24)31-14-12-17-5-3-2-4-6-17)25-26-20(11-13-28-25)21-16-19(27)8-9-22(21)29-26/h2-10,15-16,25,28-29H,11-14H2,1H3. The Morgan fingerprint density at radius 2 is 1.87 bits per heavy atom. The molecular weight excluding hydrogens is 391 g/mol. The Kier molecular flexibility index (Phi) is 5.35. The van der Waals surface area contributed by atoms with E-state index in [-0.39, 0.29) is 11.9 Å². The van der Waals surface area contributed by atoms with Gasteiger partial charge in [-0.25, -0.2) is 4.39 Å². The van der Waals surface area contributed by atoms with E-state index >= 15 is 0 Å². The van der Waals surface area contributed by atoms with Gasteiger partial charge in [-0.2, -0.15) is 0 Å². The maximum absolute atomic E-state index is 13.8. The molecule has 0 saturated carbocycles. The van der Waals surface area contributed by atoms with Gasteiger partial charge in [-0.1, -0.05) is 36.4 Å². The summed E-state index contributed by atoms with van der Waals surface area (Å²) < 4.78 is 25.4. The molecular formula is C26H25FN2O2. The van der Waals surface area contributed by atoms with Gasteiger partial charge < -0.3 is 19.8 Å². The van der Waals surface area contributed by atoms with Gasteiger partial charge in [0.2, 0.25) is 0 Å². The van der Waals surface area contributed by atoms with Crippen molar-refractivity contribution in [3.05, 3.63) is 94.9 Å². The molecule has 1 aliphatic rings. The first-order chi connectivity index (χ1) is 15.2. The molecule has 3 aromatic carbocycles. The molecule has 2 heterocycles. The summed E-state index contributed by atoms with van der Waals surface area (Å²) in [4.78, 5) is 3.50. The maximum atomic E-state index is 13.8. The van der Waals surface area contributed by atoms with Crippen molar-refractivity contribution in [2.24, 2.45) is 0 Å². The van der Waals surface area contributed by atoms with Crippen molar-refractivity contribution in [1.82, 2.24) is 10.3 Å². The summed E-state index contributed by atoms with van der Waals surface area (Å²) in [6.45, 7) is 1.41. The summed E-state index contributed by atoms with van der Waals surface area (Å²) in [5.41, 5.74) is 5.56. The van der Waals surface area contributed by atoms with Crippen molar-refractivity contribution >= 4 is 10.9 Å². The summed E-state index contributed by atoms with van der Waals surface area (Å²) in [7, 11) is 1.66. The number of methoxy groups -OCH3 is 1. The molecule has 2 N–H and O–H groups in total. The average molecular weight is 416 g/mol. The number of ether oxygens (including phenoxy) is 2. The second kappa shape index (κ2) is 8.44. The van der Waals surface area contributed by atoms with E-state index in [1.54, 1.807) is 13.2 Å². The molecule has 0 saturated heterocycles. The number of H-pyrrole nitrogens is 1. The van der Waals surface area contributed by atoms with Crippen LogP contribution in [0, 0.1) is 5.82 Å². The van der Waals surface area contributed by atoms with Gasteiger partial charge in [-0.3, -0.25) is 0 Å². The maximum Gasteiger partial charge on any atom is 0.161 e. The summed E-state index contributed by atoms with van der Waals surface area (Å²) >= 11 is 0. The first kappa shape index (κ1) is 19.6. The van der Waals surface area contributed by atoms with Crippen LogP contribution in [0.3, 0.4) is 0 Å². The zero-order chi connectivity index (χ0) is 21.2. The molecule has 0 bridgehead atoms. The number of hydrogen-bond donors (Lipinski definition) is 2. The van der Waals surface area contributed by atoms with E-state index in [1.165, 1.54) is 17.2 Å². The van der Waals surface area contributed by atoms with Gasteiger partial charge >= 0.3 is 0 Å². The third kappa shape index (κ3) is 3.89. The van der Waals surface area contributed by atoms with E-state index in [0.717, 1.165) is 47.3 Å². The molecule has 0 spiro atoms. The molecule has 158 valence electrons. The van der Waals surface area contributed by atoms with Crippen LogP contribution in [-0.4, -0.2) is 25.2 Å². The third-order valence-corrected chi connectivity index (χ3v) is 5.93. The quantitative estimate of drug-likeness (QED) is 0.456. The Bertz CT molecular complexity index is 1200. The Balaban J connectivity index is 1.39. The molecule has 0 radical (unpaired) electrons. The van der Waals surface area contributed by atoms with Crippen LogP contribution >= 0.6 is 0 Å². The van der Waals surface area contributed by atoms with E-state index in [1.807, 2.05) is 36.4 Å². The van der Waals surface area contributed by atoms with Crippen molar-refractivity contribution in [1.29, 1.82) is 0 Å². The lowest BCUT2D eigenvalue weighted by atomic mass is 9.94. The number of halogens is 1. The van der Waals surface area contributed by atoms with Crippen molar-refractivity contribution in [2.75, 3.05) is 20.3 Å². The molecule has 31 heavy (non-hydrogen) atoms. The molecule has 1 aromatic heterocycles. The molecule has 1 unspecified atom stereocenters. The minimum Gasteiger partial charge on any atom is -0.493 e. The number of fused-ring (bicyclic) bond motifs is 3. The summed E-state index contributed by atoms with van der Waals surface area (Å²) in [5.74, 6) is 1.24. The van der Waals surface area contributed by atoms with Gasteiger partial charge in [-0.15, -0.1) is 0 Å². The van der Waals surface area contributed by atoms with Crippen LogP contribution in [0.15, 0.2) is 66.7 Å². The number of aromatic amines is 1. The number of benzene rings is 3. The fraction of sp³-hybridized carbons (Fsp3) is 0.231. The van der Waals surface area contributed by atoms with Crippen molar-refractivity contribution in [3.8, 4) is 11.5 Å². The predicted octanol–water partition coefficient (Wildman–Crippen LogP) is 5.17. The molecule has 4 aromatic rings. The number of nitrogens with one attached hydrogen (secondary N) is 2. The van der Waals surface area contributed by atoms with Gasteiger partial charge in [-0.05, 0) is 53.4 Å². The van der Waals surface area contributed by atoms with Crippen LogP contribution in [0.4, 0.5) is 4.39 Å². The smallest absolute Gasteiger partial charge is 0.161 e. The summed E-state index contributed by atoms with van der Waals surface area (Å²) in [6.07, 6.45) is 1.71. The fourth-order valence-electron chi connectivity index (χ4n) is 4.39. The van der Waals surface area contributed by atoms with Crippen LogP contribution in [0.25, 0.3) is 10.9 Å². The first-order valence-electron chi connectivity index (χ1n) is 10.6. The molecule has 1 atom stereocenters. The van der Waals surface area contributed by atoms with E-state index < -0.39 is 0 Å². The zero-order valence-electron chi connectivity index (χ0n) is 17.5. The van der Waals surface area contributed by atoms with Gasteiger partial charge in [0.25, 0.3) is 0 Å². The molecule has 0 fully saturated rings. The van der Waals surface area contributed by atoms with Crippen molar-refractivity contribution < 1.29 is 13.9 Å². The highest BCUT2D eigenvalue weighted by atomic mass is 19.1. The molecule has 1 aliphatic heterocycles. The highest BCUT2D eigenvalue weighted by Crippen LogP contribution is 2.37. The van der Waals surface area contributed by atoms with E-state index in [9.17, 15) is 4.39 Å². The summed E-state index contributed by atoms with van der Waals surface area (Å²) in [6, 6.07) is 21.3. The highest BCUT2D eigenvalue weighted by molar-refractivity contribution is 5.85. The topological polar surface area (TPSA) is 46.3 Å². The van der Waals surface area contributed by atoms with Crippen LogP contribution in [0.2, 0.25) is 0 Å². The van der Waals surface area contributed by atoms with Gasteiger partial charge in [0.15, 0.2) is 11.5 Å². The molecule has 4 nitrogen and oxygen atoms in total. The van der Waals surface area contributed by atoms with Crippen LogP contribution in [0.1, 0.15) is 28.4 Å². The van der Waals surface area contributed by atoms with Gasteiger partial charge in [0.1, 0.15) is 5.82 Å². The van der Waals surface area contributed by atoms with Gasteiger partial charge in [0, 0.05) is 29.6 Å². The fourth-order valence-corrected chi connectivity index (χ4v) is 4.39. The number of hydrogen-bond acceptors (Lipinski definition) is 3. The Labute approximate surface area is 181 Å². The van der Waals surface area contributed by atoms with Gasteiger partial charge in [0.05, 0.1) is 19.8 Å². The lowest BCUT2D eigenvalue weighted by Crippen LogP contribution is -2.30. The lowest BCUT2D eigenvalue weighted by molar-refractivity contribution is 0.297. The first-order valence-corrected chi connectivity index (χ1v) is 10.6. The molecule has 5 heteroatoms. The minimum absolute atomic E-state index is 0.00789. The van der Waals surface area contributed by atoms with Crippen LogP contribution < -0.4 is 14.8 Å². The molecule has 0 aliphatic carbocycles. The zero-order valence-corrected chi connectivity index (χ0v) is 17.5. The monoisotopic (exact) mass is 416 g/mol. The Morgan fingerprint density at radius 3 is 2.71 bits per heavy atom. The second-order valence-electron chi connectivity index (χ2n) is 7.84. The second-order valence-corrected chi connectivity index (χ2v) is 7.84. The van der Waals surface area contributed by atoms with Crippen molar-refractivity contribution in [3.63, 3.8) is 0 Å². The normalized spacial score (nSPS) is 15.6. The van der Waals surface area contributed by atoms with Crippen LogP contribution in [0.5, 0.6) is 11.5 Å².